The van der Waals surface area contributed by atoms with Crippen LogP contribution in [0.1, 0.15) is 18.6 Å². The van der Waals surface area contributed by atoms with Gasteiger partial charge in [0.2, 0.25) is 5.89 Å². The molecule has 2 aromatic rings. The van der Waals surface area contributed by atoms with E-state index in [1.807, 2.05) is 7.05 Å². The van der Waals surface area contributed by atoms with Gasteiger partial charge in [0.1, 0.15) is 5.82 Å². The van der Waals surface area contributed by atoms with Crippen molar-refractivity contribution in [2.24, 2.45) is 0 Å². The number of likely N-dealkylation sites (N-methyl/N-ethyl adjacent to an activating group) is 1. The molecule has 0 fully saturated rings. The van der Waals surface area contributed by atoms with E-state index < -0.39 is 0 Å². The van der Waals surface area contributed by atoms with Gasteiger partial charge in [0.15, 0.2) is 5.82 Å². The van der Waals surface area contributed by atoms with Crippen molar-refractivity contribution in [3.05, 3.63) is 41.8 Å². The van der Waals surface area contributed by atoms with Crippen molar-refractivity contribution in [3.8, 4) is 0 Å². The van der Waals surface area contributed by atoms with E-state index in [4.69, 9.17) is 4.52 Å². The lowest BCUT2D eigenvalue weighted by atomic mass is 10.2. The van der Waals surface area contributed by atoms with E-state index in [0.29, 0.717) is 23.5 Å². The van der Waals surface area contributed by atoms with Crippen molar-refractivity contribution >= 4 is 24.2 Å². The summed E-state index contributed by atoms with van der Waals surface area (Å²) in [7, 11) is 1.90. The van der Waals surface area contributed by atoms with E-state index >= 15 is 0 Å². The van der Waals surface area contributed by atoms with Crippen LogP contribution in [-0.4, -0.2) is 23.2 Å². The maximum Gasteiger partial charge on any atom is 0.237 e. The number of thioether (sulfide) groups is 1. The van der Waals surface area contributed by atoms with Crippen LogP contribution < -0.4 is 5.32 Å². The standard InChI is InChI=1S/C13H16FN3OS.ClH/c1-9(15-2)7-12-16-13(18-17-12)8-19-11-5-3-10(14)4-6-11;/h3-6,9,15H,7-8H2,1-2H3;1H. The summed E-state index contributed by atoms with van der Waals surface area (Å²) in [5.41, 5.74) is 0. The highest BCUT2D eigenvalue weighted by Gasteiger charge is 2.09. The Bertz CT molecular complexity index is 521. The van der Waals surface area contributed by atoms with Gasteiger partial charge in [-0.2, -0.15) is 4.98 Å². The van der Waals surface area contributed by atoms with Crippen LogP contribution in [0, 0.1) is 5.82 Å². The second kappa shape index (κ2) is 8.24. The molecule has 110 valence electrons. The molecule has 4 nitrogen and oxygen atoms in total. The molecule has 0 aliphatic heterocycles. The molecule has 1 aromatic heterocycles. The molecule has 1 atom stereocenters. The molecular weight excluding hydrogens is 301 g/mol. The van der Waals surface area contributed by atoms with Crippen LogP contribution in [0.2, 0.25) is 0 Å². The fourth-order valence-corrected chi connectivity index (χ4v) is 2.22. The predicted molar refractivity (Wildman–Crippen MR) is 79.7 cm³/mol. The third-order valence-electron chi connectivity index (χ3n) is 2.67. The van der Waals surface area contributed by atoms with Gasteiger partial charge >= 0.3 is 0 Å². The summed E-state index contributed by atoms with van der Waals surface area (Å²) in [6.07, 6.45) is 0.737. The van der Waals surface area contributed by atoms with E-state index in [0.717, 1.165) is 11.3 Å². The first kappa shape index (κ1) is 16.9. The number of nitrogens with one attached hydrogen (secondary N) is 1. The lowest BCUT2D eigenvalue weighted by Gasteiger charge is -2.04. The van der Waals surface area contributed by atoms with Crippen LogP contribution in [-0.2, 0) is 12.2 Å². The lowest BCUT2D eigenvalue weighted by molar-refractivity contribution is 0.382. The molecule has 0 aliphatic rings. The molecule has 2 rings (SSSR count). The molecule has 0 amide bonds. The average molecular weight is 318 g/mol. The normalized spacial score (nSPS) is 11.9. The van der Waals surface area contributed by atoms with Crippen molar-refractivity contribution in [1.82, 2.24) is 15.5 Å². The highest BCUT2D eigenvalue weighted by molar-refractivity contribution is 7.98. The average Bonchev–Trinajstić information content (AvgIpc) is 2.85. The van der Waals surface area contributed by atoms with Crippen LogP contribution in [0.5, 0.6) is 0 Å². The molecule has 1 heterocycles. The van der Waals surface area contributed by atoms with E-state index in [9.17, 15) is 4.39 Å². The number of benzene rings is 1. The number of nitrogens with zero attached hydrogens (tertiary/aromatic N) is 2. The fourth-order valence-electron chi connectivity index (χ4n) is 1.48. The van der Waals surface area contributed by atoms with E-state index in [2.05, 4.69) is 22.4 Å². The van der Waals surface area contributed by atoms with Gasteiger partial charge in [0, 0.05) is 17.4 Å². The number of hydrogen-bond donors (Lipinski definition) is 1. The molecule has 20 heavy (non-hydrogen) atoms. The number of halogens is 2. The predicted octanol–water partition coefficient (Wildman–Crippen LogP) is 3.07. The van der Waals surface area contributed by atoms with Crippen LogP contribution in [0.3, 0.4) is 0 Å². The SMILES string of the molecule is CNC(C)Cc1noc(CSc2ccc(F)cc2)n1.Cl. The second-order valence-corrected chi connectivity index (χ2v) is 5.29. The molecule has 0 spiro atoms. The highest BCUT2D eigenvalue weighted by atomic mass is 35.5. The number of rotatable bonds is 6. The number of hydrogen-bond acceptors (Lipinski definition) is 5. The van der Waals surface area contributed by atoms with Gasteiger partial charge in [0.05, 0.1) is 5.75 Å². The summed E-state index contributed by atoms with van der Waals surface area (Å²) in [4.78, 5) is 5.29. The van der Waals surface area contributed by atoms with Gasteiger partial charge in [-0.15, -0.1) is 24.2 Å². The molecule has 1 N–H and O–H groups in total. The summed E-state index contributed by atoms with van der Waals surface area (Å²) in [6.45, 7) is 2.06. The monoisotopic (exact) mass is 317 g/mol. The molecule has 0 saturated carbocycles. The summed E-state index contributed by atoms with van der Waals surface area (Å²) in [6, 6.07) is 6.67. The molecular formula is C13H17ClFN3OS. The lowest BCUT2D eigenvalue weighted by Crippen LogP contribution is -2.24. The Morgan fingerprint density at radius 2 is 2.05 bits per heavy atom. The smallest absolute Gasteiger partial charge is 0.237 e. The van der Waals surface area contributed by atoms with Gasteiger partial charge in [-0.05, 0) is 38.2 Å². The minimum absolute atomic E-state index is 0. The van der Waals surface area contributed by atoms with E-state index in [1.54, 1.807) is 23.9 Å². The largest absolute Gasteiger partial charge is 0.338 e. The van der Waals surface area contributed by atoms with Crippen LogP contribution in [0.4, 0.5) is 4.39 Å². The Hall–Kier alpha value is -1.11. The molecule has 7 heteroatoms. The van der Waals surface area contributed by atoms with Crippen molar-refractivity contribution in [1.29, 1.82) is 0 Å². The van der Waals surface area contributed by atoms with Crippen LogP contribution in [0.25, 0.3) is 0 Å². The molecule has 0 radical (unpaired) electrons. The third-order valence-corrected chi connectivity index (χ3v) is 3.66. The molecule has 1 unspecified atom stereocenters. The zero-order valence-corrected chi connectivity index (χ0v) is 12.9. The van der Waals surface area contributed by atoms with Crippen LogP contribution >= 0.6 is 24.2 Å². The van der Waals surface area contributed by atoms with Crippen molar-refractivity contribution in [2.75, 3.05) is 7.05 Å². The van der Waals surface area contributed by atoms with Crippen molar-refractivity contribution < 1.29 is 8.91 Å². The second-order valence-electron chi connectivity index (χ2n) is 4.24. The van der Waals surface area contributed by atoms with Gasteiger partial charge in [-0.1, -0.05) is 5.16 Å². The maximum atomic E-state index is 12.8. The zero-order chi connectivity index (χ0) is 13.7. The first-order chi connectivity index (χ1) is 9.17. The van der Waals surface area contributed by atoms with Crippen molar-refractivity contribution in [2.45, 2.75) is 30.0 Å². The zero-order valence-electron chi connectivity index (χ0n) is 11.3. The Morgan fingerprint density at radius 1 is 1.35 bits per heavy atom. The van der Waals surface area contributed by atoms with Gasteiger partial charge < -0.3 is 9.84 Å². The maximum absolute atomic E-state index is 12.8. The Balaban J connectivity index is 0.00000200. The topological polar surface area (TPSA) is 51.0 Å². The molecule has 1 aromatic carbocycles. The molecule has 0 aliphatic carbocycles. The minimum atomic E-state index is -0.231. The summed E-state index contributed by atoms with van der Waals surface area (Å²) in [5.74, 6) is 1.65. The minimum Gasteiger partial charge on any atom is -0.338 e. The van der Waals surface area contributed by atoms with E-state index in [-0.39, 0.29) is 18.2 Å². The summed E-state index contributed by atoms with van der Waals surface area (Å²) >= 11 is 1.54. The first-order valence-corrected chi connectivity index (χ1v) is 7.03. The van der Waals surface area contributed by atoms with Crippen molar-refractivity contribution in [3.63, 3.8) is 0 Å². The Morgan fingerprint density at radius 3 is 2.70 bits per heavy atom. The van der Waals surface area contributed by atoms with Gasteiger partial charge in [0.25, 0.3) is 0 Å². The third kappa shape index (κ3) is 5.11. The first-order valence-electron chi connectivity index (χ1n) is 6.04. The van der Waals surface area contributed by atoms with E-state index in [1.165, 1.54) is 12.1 Å². The molecule has 0 bridgehead atoms. The summed E-state index contributed by atoms with van der Waals surface area (Å²) in [5, 5.41) is 7.05. The summed E-state index contributed by atoms with van der Waals surface area (Å²) < 4.78 is 17.9. The van der Waals surface area contributed by atoms with Crippen LogP contribution in [0.15, 0.2) is 33.7 Å². The molecule has 0 saturated heterocycles. The number of aromatic nitrogens is 2. The fraction of sp³-hybridized carbons (Fsp3) is 0.385. The Kier molecular flexibility index (Phi) is 6.98. The van der Waals surface area contributed by atoms with Gasteiger partial charge in [-0.25, -0.2) is 4.39 Å². The highest BCUT2D eigenvalue weighted by Crippen LogP contribution is 2.22. The van der Waals surface area contributed by atoms with Gasteiger partial charge in [-0.3, -0.25) is 0 Å². The quantitative estimate of drug-likeness (QED) is 0.830. The Labute approximate surface area is 127 Å².